The molecule has 5 atom stereocenters. The van der Waals surface area contributed by atoms with Crippen molar-refractivity contribution in [1.29, 1.82) is 0 Å². The fraction of sp³-hybridized carbons (Fsp3) is 0.956. The van der Waals surface area contributed by atoms with Crippen LogP contribution in [0.3, 0.4) is 0 Å². The summed E-state index contributed by atoms with van der Waals surface area (Å²) in [5.41, 5.74) is 0. The molecule has 0 aliphatic carbocycles. The summed E-state index contributed by atoms with van der Waals surface area (Å²) in [7, 11) is -9.93. The van der Waals surface area contributed by atoms with Crippen molar-refractivity contribution in [3.8, 4) is 0 Å². The van der Waals surface area contributed by atoms with Crippen LogP contribution < -0.4 is 0 Å². The molecule has 0 aromatic carbocycles. The number of ether oxygens (including phenoxy) is 4. The second-order valence-corrected chi connectivity index (χ2v) is 35.6. The zero-order chi connectivity index (χ0) is 80.3. The molecule has 17 nitrogen and oxygen atoms in total. The Labute approximate surface area is 677 Å². The minimum absolute atomic E-state index is 0.109. The van der Waals surface area contributed by atoms with Crippen molar-refractivity contribution in [2.45, 2.75) is 521 Å². The smallest absolute Gasteiger partial charge is 0.462 e. The highest BCUT2D eigenvalue weighted by Crippen LogP contribution is 2.45. The van der Waals surface area contributed by atoms with E-state index in [1.54, 1.807) is 0 Å². The topological polar surface area (TPSA) is 237 Å². The first-order chi connectivity index (χ1) is 53.7. The van der Waals surface area contributed by atoms with E-state index in [1.165, 1.54) is 334 Å². The molecule has 2 unspecified atom stereocenters. The van der Waals surface area contributed by atoms with Crippen molar-refractivity contribution in [1.82, 2.24) is 0 Å². The SMILES string of the molecule is CCCCCCCCCCCCCCCCCCCCCCCC(=O)OC[C@H](COP(=O)(O)OC[C@@H](O)COP(=O)(O)OC[C@@H](COC(=O)CCCCCCCCCCCC)OC(=O)CCCCCCCCCCCCCCCCCCCC)OC(=O)CCCCCCCCCCCCCCCCCCCCCCC. The van der Waals surface area contributed by atoms with Crippen molar-refractivity contribution < 1.29 is 80.2 Å². The highest BCUT2D eigenvalue weighted by atomic mass is 31.2. The summed E-state index contributed by atoms with van der Waals surface area (Å²) in [6.45, 7) is 5.08. The molecular formula is C91H178O17P2. The molecular weight excluding hydrogens is 1430 g/mol. The van der Waals surface area contributed by atoms with Crippen molar-refractivity contribution in [2.24, 2.45) is 0 Å². The standard InChI is InChI=1S/C91H178O17P2/c1-5-9-13-17-21-25-29-32-35-38-41-43-45-48-50-53-56-60-64-68-72-76-89(94)102-82-87(108-91(96)78-74-70-66-62-58-55-52-49-46-44-42-39-36-33-30-26-22-18-14-10-6-2)84-106-110(99,100)104-80-85(92)79-103-109(97,98)105-83-86(81-101-88(93)75-71-67-63-59-28-24-20-16-12-8-4)107-90(95)77-73-69-65-61-57-54-51-47-40-37-34-31-27-23-19-15-11-7-3/h85-87,92H,5-84H2,1-4H3,(H,97,98)(H,99,100)/t85-,86+,87+/m0/s1. The van der Waals surface area contributed by atoms with Gasteiger partial charge in [-0.3, -0.25) is 37.3 Å². The van der Waals surface area contributed by atoms with Crippen molar-refractivity contribution >= 4 is 39.5 Å². The first-order valence-corrected chi connectivity index (χ1v) is 50.3. The lowest BCUT2D eigenvalue weighted by Crippen LogP contribution is -2.30. The summed E-state index contributed by atoms with van der Waals surface area (Å²) in [4.78, 5) is 73.4. The number of esters is 4. The second kappa shape index (κ2) is 85.0. The van der Waals surface area contributed by atoms with Gasteiger partial charge in [0.2, 0.25) is 0 Å². The third kappa shape index (κ3) is 84.0. The number of aliphatic hydroxyl groups excluding tert-OH is 1. The van der Waals surface area contributed by atoms with Crippen LogP contribution in [0.25, 0.3) is 0 Å². The third-order valence-electron chi connectivity index (χ3n) is 21.6. The number of hydrogen-bond acceptors (Lipinski definition) is 15. The van der Waals surface area contributed by atoms with Crippen LogP contribution in [0, 0.1) is 0 Å². The number of rotatable bonds is 92. The van der Waals surface area contributed by atoms with Crippen LogP contribution in [0.15, 0.2) is 0 Å². The van der Waals surface area contributed by atoms with Crippen LogP contribution in [0.2, 0.25) is 0 Å². The van der Waals surface area contributed by atoms with Gasteiger partial charge in [-0.1, -0.05) is 451 Å². The molecule has 0 amide bonds. The molecule has 0 radical (unpaired) electrons. The Morgan fingerprint density at radius 3 is 0.536 bits per heavy atom. The normalized spacial score (nSPS) is 13.6. The maximum Gasteiger partial charge on any atom is 0.472 e. The van der Waals surface area contributed by atoms with Crippen LogP contribution in [-0.2, 0) is 65.4 Å². The fourth-order valence-corrected chi connectivity index (χ4v) is 16.0. The molecule has 0 spiro atoms. The molecule has 0 bridgehead atoms. The largest absolute Gasteiger partial charge is 0.472 e. The van der Waals surface area contributed by atoms with E-state index in [4.69, 9.17) is 37.0 Å². The van der Waals surface area contributed by atoms with E-state index in [1.807, 2.05) is 0 Å². The highest BCUT2D eigenvalue weighted by molar-refractivity contribution is 7.47. The Kier molecular flexibility index (Phi) is 83.5. The van der Waals surface area contributed by atoms with Gasteiger partial charge in [0.1, 0.15) is 19.3 Å². The zero-order valence-corrected chi connectivity index (χ0v) is 74.0. The first-order valence-electron chi connectivity index (χ1n) is 47.3. The Morgan fingerprint density at radius 2 is 0.364 bits per heavy atom. The van der Waals surface area contributed by atoms with Gasteiger partial charge in [-0.2, -0.15) is 0 Å². The molecule has 0 saturated carbocycles. The molecule has 110 heavy (non-hydrogen) atoms. The number of carbonyl (C=O) groups excluding carboxylic acids is 4. The number of hydrogen-bond donors (Lipinski definition) is 3. The van der Waals surface area contributed by atoms with E-state index in [9.17, 15) is 43.2 Å². The first kappa shape index (κ1) is 108. The number of carbonyl (C=O) groups is 4. The summed E-state index contributed by atoms with van der Waals surface area (Å²) in [5, 5.41) is 10.7. The average Bonchev–Trinajstić information content (AvgIpc) is 0.911. The highest BCUT2D eigenvalue weighted by Gasteiger charge is 2.31. The minimum atomic E-state index is -4.97. The molecule has 0 rings (SSSR count). The van der Waals surface area contributed by atoms with Crippen LogP contribution in [0.4, 0.5) is 0 Å². The van der Waals surface area contributed by atoms with Crippen LogP contribution >= 0.6 is 15.6 Å². The van der Waals surface area contributed by atoms with Gasteiger partial charge >= 0.3 is 39.5 Å². The number of unbranched alkanes of at least 4 members (excludes halogenated alkanes) is 66. The Morgan fingerprint density at radius 1 is 0.218 bits per heavy atom. The van der Waals surface area contributed by atoms with E-state index in [-0.39, 0.29) is 25.7 Å². The molecule has 19 heteroatoms. The maximum atomic E-state index is 13.2. The number of phosphoric ester groups is 2. The molecule has 0 aromatic heterocycles. The van der Waals surface area contributed by atoms with Crippen molar-refractivity contribution in [3.05, 3.63) is 0 Å². The Hall–Kier alpha value is -1.94. The van der Waals surface area contributed by atoms with Gasteiger partial charge in [0, 0.05) is 25.7 Å². The summed E-state index contributed by atoms with van der Waals surface area (Å²) >= 11 is 0. The second-order valence-electron chi connectivity index (χ2n) is 32.7. The predicted octanol–water partition coefficient (Wildman–Crippen LogP) is 28.5. The molecule has 0 aliphatic heterocycles. The fourth-order valence-electron chi connectivity index (χ4n) is 14.4. The van der Waals surface area contributed by atoms with Gasteiger partial charge in [-0.05, 0) is 25.7 Å². The third-order valence-corrected chi connectivity index (χ3v) is 23.5. The summed E-state index contributed by atoms with van der Waals surface area (Å²) in [5.74, 6) is -2.09. The van der Waals surface area contributed by atoms with E-state index in [0.29, 0.717) is 25.7 Å². The van der Waals surface area contributed by atoms with Crippen LogP contribution in [0.5, 0.6) is 0 Å². The molecule has 3 N–H and O–H groups in total. The number of phosphoric acid groups is 2. The predicted molar refractivity (Wildman–Crippen MR) is 455 cm³/mol. The van der Waals surface area contributed by atoms with Gasteiger partial charge < -0.3 is 33.8 Å². The van der Waals surface area contributed by atoms with Gasteiger partial charge in [0.05, 0.1) is 26.4 Å². The molecule has 0 fully saturated rings. The molecule has 654 valence electrons. The molecule has 0 saturated heterocycles. The summed E-state index contributed by atoms with van der Waals surface area (Å²) in [6, 6.07) is 0. The molecule has 0 heterocycles. The minimum Gasteiger partial charge on any atom is -0.462 e. The monoisotopic (exact) mass is 1610 g/mol. The van der Waals surface area contributed by atoms with Gasteiger partial charge in [0.15, 0.2) is 12.2 Å². The molecule has 0 aromatic rings. The summed E-state index contributed by atoms with van der Waals surface area (Å²) < 4.78 is 69.0. The van der Waals surface area contributed by atoms with E-state index >= 15 is 0 Å². The lowest BCUT2D eigenvalue weighted by molar-refractivity contribution is -0.161. The van der Waals surface area contributed by atoms with E-state index in [0.717, 1.165) is 89.9 Å². The summed E-state index contributed by atoms with van der Waals surface area (Å²) in [6.07, 6.45) is 82.1. The van der Waals surface area contributed by atoms with Crippen LogP contribution in [-0.4, -0.2) is 96.7 Å². The van der Waals surface area contributed by atoms with Gasteiger partial charge in [-0.15, -0.1) is 0 Å². The van der Waals surface area contributed by atoms with Gasteiger partial charge in [-0.25, -0.2) is 9.13 Å². The average molecular weight is 1610 g/mol. The lowest BCUT2D eigenvalue weighted by Gasteiger charge is -2.21. The van der Waals surface area contributed by atoms with Crippen molar-refractivity contribution in [3.63, 3.8) is 0 Å². The molecule has 0 aliphatic rings. The lowest BCUT2D eigenvalue weighted by atomic mass is 10.0. The van der Waals surface area contributed by atoms with Crippen molar-refractivity contribution in [2.75, 3.05) is 39.6 Å². The Bertz CT molecular complexity index is 2070. The van der Waals surface area contributed by atoms with E-state index in [2.05, 4.69) is 27.7 Å². The Balaban J connectivity index is 5.21. The van der Waals surface area contributed by atoms with Crippen LogP contribution in [0.1, 0.15) is 503 Å². The quantitative estimate of drug-likeness (QED) is 0.0222. The number of aliphatic hydroxyl groups is 1. The maximum absolute atomic E-state index is 13.2. The van der Waals surface area contributed by atoms with E-state index < -0.39 is 97.5 Å². The van der Waals surface area contributed by atoms with Gasteiger partial charge in [0.25, 0.3) is 0 Å². The zero-order valence-electron chi connectivity index (χ0n) is 72.3.